The van der Waals surface area contributed by atoms with E-state index < -0.39 is 75.6 Å². The van der Waals surface area contributed by atoms with E-state index in [1.165, 1.54) is 0 Å². The van der Waals surface area contributed by atoms with Gasteiger partial charge < -0.3 is 10.4 Å². The lowest BCUT2D eigenvalue weighted by Crippen LogP contribution is -3.00. The van der Waals surface area contributed by atoms with Gasteiger partial charge in [-0.3, -0.25) is 5.43 Å². The topological polar surface area (TPSA) is 120 Å². The van der Waals surface area contributed by atoms with Crippen molar-refractivity contribution in [3.05, 3.63) is 28.6 Å². The number of hydrogen-bond acceptors (Lipinski definition) is 6. The monoisotopic (exact) mass is 574 g/mol. The summed E-state index contributed by atoms with van der Waals surface area (Å²) >= 11 is 0. The van der Waals surface area contributed by atoms with Crippen LogP contribution < -0.4 is 15.9 Å². The van der Waals surface area contributed by atoms with Crippen LogP contribution >= 0.6 is 0 Å². The number of anilines is 1. The lowest BCUT2D eigenvalue weighted by atomic mass is 9.86. The first-order valence-electron chi connectivity index (χ1n) is 9.27. The molecule has 0 saturated carbocycles. The average Bonchev–Trinajstić information content (AvgIpc) is 2.74. The van der Waals surface area contributed by atoms with Gasteiger partial charge in [-0.15, -0.1) is 0 Å². The summed E-state index contributed by atoms with van der Waals surface area (Å²) in [7, 11) is 0. The van der Waals surface area contributed by atoms with Gasteiger partial charge in [-0.2, -0.15) is 72.6 Å². The molecular formula is C16H15F13N4O4. The van der Waals surface area contributed by atoms with Crippen molar-refractivity contribution in [3.8, 4) is 0 Å². The van der Waals surface area contributed by atoms with Gasteiger partial charge in [0.2, 0.25) is 0 Å². The zero-order chi connectivity index (χ0) is 29.4. The highest BCUT2D eigenvalue weighted by atomic mass is 19.4. The SMILES string of the molecule is CCC(C=NNc1ccc([NH+]([O-])O)cc1[NH+]([O-])O)C(F)(F)C(F)(F)C(F)(F)C(F)(F)C(F)(F)C(F)(F)F. The number of alkyl halides is 13. The van der Waals surface area contributed by atoms with E-state index in [-0.39, 0.29) is 6.21 Å². The summed E-state index contributed by atoms with van der Waals surface area (Å²) in [6, 6.07) is 1.99. The number of quaternary nitrogens is 2. The number of nitrogens with zero attached hydrogens (tertiary/aromatic N) is 1. The predicted octanol–water partition coefficient (Wildman–Crippen LogP) is 3.66. The van der Waals surface area contributed by atoms with E-state index in [9.17, 15) is 67.5 Å². The average molecular weight is 574 g/mol. The number of hydrazone groups is 1. The molecule has 0 radical (unpaired) electrons. The highest BCUT2D eigenvalue weighted by Crippen LogP contribution is 2.61. The van der Waals surface area contributed by atoms with Gasteiger partial charge in [-0.25, -0.2) is 10.4 Å². The summed E-state index contributed by atoms with van der Waals surface area (Å²) in [6.07, 6.45) is -9.21. The van der Waals surface area contributed by atoms with E-state index in [1.54, 1.807) is 5.43 Å². The Kier molecular flexibility index (Phi) is 9.12. The molecule has 1 rings (SSSR count). The number of rotatable bonds is 11. The highest BCUT2D eigenvalue weighted by molar-refractivity contribution is 5.68. The molecular weight excluding hydrogens is 559 g/mol. The Morgan fingerprint density at radius 3 is 1.73 bits per heavy atom. The Balaban J connectivity index is 3.39. The van der Waals surface area contributed by atoms with E-state index in [0.717, 1.165) is 6.07 Å². The fourth-order valence-corrected chi connectivity index (χ4v) is 2.62. The van der Waals surface area contributed by atoms with Gasteiger partial charge in [-0.05, 0) is 12.5 Å². The third-order valence-electron chi connectivity index (χ3n) is 4.80. The molecule has 0 heterocycles. The molecule has 1 aromatic carbocycles. The minimum Gasteiger partial charge on any atom is -0.595 e. The van der Waals surface area contributed by atoms with E-state index >= 15 is 0 Å². The third kappa shape index (κ3) is 5.55. The van der Waals surface area contributed by atoms with Crippen molar-refractivity contribution < 1.29 is 77.9 Å². The number of nitrogens with one attached hydrogen (secondary N) is 3. The van der Waals surface area contributed by atoms with Gasteiger partial charge in [0, 0.05) is 12.3 Å². The summed E-state index contributed by atoms with van der Waals surface area (Å²) < 4.78 is 173. The molecule has 3 unspecified atom stereocenters. The first kappa shape index (κ1) is 32.6. The largest absolute Gasteiger partial charge is 0.595 e. The van der Waals surface area contributed by atoms with Crippen molar-refractivity contribution in [2.75, 3.05) is 5.43 Å². The quantitative estimate of drug-likeness (QED) is 0.157. The summed E-state index contributed by atoms with van der Waals surface area (Å²) in [4.78, 5) is 0. The summed E-state index contributed by atoms with van der Waals surface area (Å²) in [5.74, 6) is -41.1. The lowest BCUT2D eigenvalue weighted by molar-refractivity contribution is -0.996. The maximum absolute atomic E-state index is 14.3. The van der Waals surface area contributed by atoms with Crippen LogP contribution in [0.25, 0.3) is 0 Å². The van der Waals surface area contributed by atoms with Crippen LogP contribution in [0.2, 0.25) is 0 Å². The van der Waals surface area contributed by atoms with Gasteiger partial charge in [0.25, 0.3) is 0 Å². The molecule has 0 bridgehead atoms. The normalized spacial score (nSPS) is 17.1. The minimum absolute atomic E-state index is 0.333. The molecule has 5 N–H and O–H groups in total. The molecule has 0 fully saturated rings. The van der Waals surface area contributed by atoms with Crippen LogP contribution in [0.15, 0.2) is 23.3 Å². The van der Waals surface area contributed by atoms with Crippen LogP contribution in [0, 0.1) is 16.3 Å². The fraction of sp³-hybridized carbons (Fsp3) is 0.562. The standard InChI is InChI=1S/C16H15F13N4O4/c1-2-7(6-30-31-9-4-3-8(32(34)35)5-10(9)33(36)37)11(17,18)12(19,20)13(21,22)14(23,24)15(25,26)16(27,28)29/h3-7,31-34,36H,2H2,1H3. The number of benzene rings is 1. The molecule has 0 aliphatic carbocycles. The van der Waals surface area contributed by atoms with E-state index in [4.69, 9.17) is 10.4 Å². The molecule has 0 amide bonds. The predicted molar refractivity (Wildman–Crippen MR) is 94.7 cm³/mol. The van der Waals surface area contributed by atoms with Crippen LogP contribution in [0.4, 0.5) is 74.1 Å². The first-order chi connectivity index (χ1) is 16.4. The molecule has 1 aromatic rings. The smallest absolute Gasteiger partial charge is 0.460 e. The van der Waals surface area contributed by atoms with Gasteiger partial charge in [0.15, 0.2) is 11.4 Å². The van der Waals surface area contributed by atoms with E-state index in [1.807, 2.05) is 0 Å². The maximum atomic E-state index is 14.3. The van der Waals surface area contributed by atoms with Crippen molar-refractivity contribution in [1.82, 2.24) is 0 Å². The fourth-order valence-electron chi connectivity index (χ4n) is 2.62. The molecule has 37 heavy (non-hydrogen) atoms. The van der Waals surface area contributed by atoms with Crippen molar-refractivity contribution in [1.29, 1.82) is 0 Å². The second-order valence-electron chi connectivity index (χ2n) is 7.19. The Labute approximate surface area is 196 Å². The molecule has 214 valence electrons. The van der Waals surface area contributed by atoms with Gasteiger partial charge >= 0.3 is 35.8 Å². The highest BCUT2D eigenvalue weighted by Gasteiger charge is 2.91. The second-order valence-corrected chi connectivity index (χ2v) is 7.19. The Bertz CT molecular complexity index is 970. The Hall–Kier alpha value is -2.46. The van der Waals surface area contributed by atoms with Crippen LogP contribution in [-0.4, -0.2) is 52.4 Å². The van der Waals surface area contributed by atoms with Crippen molar-refractivity contribution in [2.45, 2.75) is 49.1 Å². The Morgan fingerprint density at radius 1 is 0.838 bits per heavy atom. The molecule has 0 aliphatic heterocycles. The summed E-state index contributed by atoms with van der Waals surface area (Å²) in [5, 5.41) is 39.4. The van der Waals surface area contributed by atoms with Gasteiger partial charge in [0.05, 0.1) is 12.0 Å². The minimum atomic E-state index is -8.04. The van der Waals surface area contributed by atoms with Crippen molar-refractivity contribution in [2.24, 2.45) is 11.0 Å². The van der Waals surface area contributed by atoms with Crippen LogP contribution in [0.3, 0.4) is 0 Å². The first-order valence-corrected chi connectivity index (χ1v) is 9.27. The molecule has 0 spiro atoms. The summed E-state index contributed by atoms with van der Waals surface area (Å²) in [6.45, 7) is 0.575. The second kappa shape index (κ2) is 10.4. The maximum Gasteiger partial charge on any atom is 0.460 e. The zero-order valence-electron chi connectivity index (χ0n) is 17.7. The lowest BCUT2D eigenvalue weighted by Gasteiger charge is -2.41. The van der Waals surface area contributed by atoms with Crippen LogP contribution in [-0.2, 0) is 0 Å². The van der Waals surface area contributed by atoms with Gasteiger partial charge in [0.1, 0.15) is 5.69 Å². The van der Waals surface area contributed by atoms with Crippen molar-refractivity contribution >= 4 is 23.3 Å². The van der Waals surface area contributed by atoms with Crippen LogP contribution in [0.5, 0.6) is 0 Å². The van der Waals surface area contributed by atoms with Crippen molar-refractivity contribution in [3.63, 3.8) is 0 Å². The third-order valence-corrected chi connectivity index (χ3v) is 4.80. The summed E-state index contributed by atoms with van der Waals surface area (Å²) in [5.41, 5.74) is -0.458. The molecule has 0 saturated heterocycles. The molecule has 8 nitrogen and oxygen atoms in total. The van der Waals surface area contributed by atoms with Crippen LogP contribution in [0.1, 0.15) is 13.3 Å². The zero-order valence-corrected chi connectivity index (χ0v) is 17.7. The Morgan fingerprint density at radius 2 is 1.32 bits per heavy atom. The van der Waals surface area contributed by atoms with Gasteiger partial charge in [-0.1, -0.05) is 6.92 Å². The molecule has 0 aromatic heterocycles. The molecule has 3 atom stereocenters. The molecule has 21 heteroatoms. The number of halogens is 13. The van der Waals surface area contributed by atoms with E-state index in [0.29, 0.717) is 19.1 Å². The molecule has 0 aliphatic rings. The number of hydrogen-bond donors (Lipinski definition) is 5. The van der Waals surface area contributed by atoms with E-state index in [2.05, 4.69) is 5.10 Å².